The highest BCUT2D eigenvalue weighted by atomic mass is 16.5. The van der Waals surface area contributed by atoms with Crippen molar-refractivity contribution >= 4 is 22.6 Å². The summed E-state index contributed by atoms with van der Waals surface area (Å²) in [6.07, 6.45) is 6.79. The Hall–Kier alpha value is -2.23. The number of hydrogen-bond acceptors (Lipinski definition) is 4. The monoisotopic (exact) mass is 369 g/mol. The predicted molar refractivity (Wildman–Crippen MR) is 113 cm³/mol. The summed E-state index contributed by atoms with van der Waals surface area (Å²) in [6, 6.07) is 3.91. The van der Waals surface area contributed by atoms with E-state index in [1.165, 1.54) is 6.42 Å². The average molecular weight is 370 g/mol. The van der Waals surface area contributed by atoms with E-state index >= 15 is 0 Å². The van der Waals surface area contributed by atoms with E-state index in [0.29, 0.717) is 34.8 Å². The first-order chi connectivity index (χ1) is 13.0. The van der Waals surface area contributed by atoms with Crippen LogP contribution in [0, 0.1) is 13.8 Å². The summed E-state index contributed by atoms with van der Waals surface area (Å²) in [5, 5.41) is 0.613. The second kappa shape index (κ2) is 8.64. The van der Waals surface area contributed by atoms with Crippen LogP contribution in [0.15, 0.2) is 27.9 Å². The minimum atomic E-state index is 0.0422. The molecular weight excluding hydrogens is 338 g/mol. The van der Waals surface area contributed by atoms with Crippen molar-refractivity contribution in [2.45, 2.75) is 59.3 Å². The number of ether oxygens (including phenoxy) is 1. The Morgan fingerprint density at radius 1 is 1.19 bits per heavy atom. The molecule has 1 fully saturated rings. The zero-order chi connectivity index (χ0) is 19.4. The molecule has 0 atom stereocenters. The van der Waals surface area contributed by atoms with Gasteiger partial charge < -0.3 is 14.1 Å². The van der Waals surface area contributed by atoms with Crippen molar-refractivity contribution in [3.63, 3.8) is 0 Å². The number of fused-ring (bicyclic) bond motifs is 1. The Morgan fingerprint density at radius 2 is 1.93 bits per heavy atom. The van der Waals surface area contributed by atoms with Gasteiger partial charge in [-0.25, -0.2) is 0 Å². The summed E-state index contributed by atoms with van der Waals surface area (Å²) < 4.78 is 12.2. The van der Waals surface area contributed by atoms with Gasteiger partial charge in [0.25, 0.3) is 0 Å². The molecule has 146 valence electrons. The standard InChI is InChI=1S/C23H31NO3/c1-5-6-10-13-26-18(4)19-14-16(2)15-20-21(25)17(3)23(27-22(19)20)24-11-8-7-9-12-24/h14-15H,4-13H2,1-3H3. The number of anilines is 1. The van der Waals surface area contributed by atoms with Crippen LogP contribution in [0.5, 0.6) is 0 Å². The highest BCUT2D eigenvalue weighted by Gasteiger charge is 2.21. The molecule has 1 aliphatic rings. The van der Waals surface area contributed by atoms with Crippen molar-refractivity contribution in [3.8, 4) is 0 Å². The molecule has 1 aromatic carbocycles. The van der Waals surface area contributed by atoms with Crippen LogP contribution in [0.25, 0.3) is 16.7 Å². The third kappa shape index (κ3) is 4.20. The van der Waals surface area contributed by atoms with E-state index in [9.17, 15) is 4.79 Å². The van der Waals surface area contributed by atoms with E-state index in [1.54, 1.807) is 0 Å². The number of piperidine rings is 1. The highest BCUT2D eigenvalue weighted by molar-refractivity contribution is 5.89. The molecule has 0 spiro atoms. The second-order valence-corrected chi connectivity index (χ2v) is 7.58. The van der Waals surface area contributed by atoms with Gasteiger partial charge in [0.15, 0.2) is 11.0 Å². The van der Waals surface area contributed by atoms with Crippen LogP contribution in [-0.4, -0.2) is 19.7 Å². The lowest BCUT2D eigenvalue weighted by Gasteiger charge is -2.28. The van der Waals surface area contributed by atoms with Gasteiger partial charge in [-0.3, -0.25) is 4.79 Å². The van der Waals surface area contributed by atoms with Crippen LogP contribution in [-0.2, 0) is 4.74 Å². The lowest BCUT2D eigenvalue weighted by Crippen LogP contribution is -2.31. The lowest BCUT2D eigenvalue weighted by atomic mass is 10.0. The van der Waals surface area contributed by atoms with E-state index in [2.05, 4.69) is 18.4 Å². The zero-order valence-corrected chi connectivity index (χ0v) is 16.9. The fraction of sp³-hybridized carbons (Fsp3) is 0.522. The van der Waals surface area contributed by atoms with E-state index in [-0.39, 0.29) is 5.43 Å². The molecule has 2 aromatic rings. The summed E-state index contributed by atoms with van der Waals surface area (Å²) >= 11 is 0. The molecule has 4 nitrogen and oxygen atoms in total. The van der Waals surface area contributed by atoms with Gasteiger partial charge in [0, 0.05) is 13.1 Å². The summed E-state index contributed by atoms with van der Waals surface area (Å²) in [6.45, 7) is 12.6. The number of aryl methyl sites for hydroxylation is 1. The molecule has 0 radical (unpaired) electrons. The Bertz CT molecular complexity index is 875. The topological polar surface area (TPSA) is 42.7 Å². The lowest BCUT2D eigenvalue weighted by molar-refractivity contribution is 0.268. The normalized spacial score (nSPS) is 14.6. The molecule has 1 aliphatic heterocycles. The van der Waals surface area contributed by atoms with Crippen LogP contribution in [0.2, 0.25) is 0 Å². The summed E-state index contributed by atoms with van der Waals surface area (Å²) in [5.41, 5.74) is 3.12. The maximum atomic E-state index is 13.1. The smallest absolute Gasteiger partial charge is 0.202 e. The molecule has 1 aromatic heterocycles. The maximum Gasteiger partial charge on any atom is 0.202 e. The minimum Gasteiger partial charge on any atom is -0.493 e. The van der Waals surface area contributed by atoms with Gasteiger partial charge in [0.2, 0.25) is 5.88 Å². The van der Waals surface area contributed by atoms with Crippen molar-refractivity contribution in [1.82, 2.24) is 0 Å². The Labute approximate surface area is 161 Å². The van der Waals surface area contributed by atoms with Crippen molar-refractivity contribution in [2.75, 3.05) is 24.6 Å². The van der Waals surface area contributed by atoms with Crippen LogP contribution in [0.3, 0.4) is 0 Å². The Balaban J connectivity index is 2.03. The summed E-state index contributed by atoms with van der Waals surface area (Å²) in [4.78, 5) is 15.3. The first-order valence-corrected chi connectivity index (χ1v) is 10.2. The summed E-state index contributed by atoms with van der Waals surface area (Å²) in [5.74, 6) is 1.28. The molecule has 1 saturated heterocycles. The molecule has 0 amide bonds. The first kappa shape index (κ1) is 19.5. The van der Waals surface area contributed by atoms with Gasteiger partial charge in [-0.05, 0) is 57.2 Å². The van der Waals surface area contributed by atoms with E-state index in [4.69, 9.17) is 9.15 Å². The first-order valence-electron chi connectivity index (χ1n) is 10.2. The van der Waals surface area contributed by atoms with E-state index in [0.717, 1.165) is 56.3 Å². The van der Waals surface area contributed by atoms with Gasteiger partial charge in [-0.15, -0.1) is 0 Å². The van der Waals surface area contributed by atoms with Gasteiger partial charge in [0.05, 0.1) is 23.1 Å². The fourth-order valence-corrected chi connectivity index (χ4v) is 3.76. The molecule has 4 heteroatoms. The number of unbranched alkanes of at least 4 members (excludes halogenated alkanes) is 2. The van der Waals surface area contributed by atoms with Crippen molar-refractivity contribution < 1.29 is 9.15 Å². The van der Waals surface area contributed by atoms with Crippen LogP contribution >= 0.6 is 0 Å². The molecule has 0 bridgehead atoms. The number of benzene rings is 1. The molecule has 0 unspecified atom stereocenters. The van der Waals surface area contributed by atoms with Gasteiger partial charge in [0.1, 0.15) is 5.76 Å². The molecular formula is C23H31NO3. The molecule has 0 N–H and O–H groups in total. The third-order valence-corrected chi connectivity index (χ3v) is 5.31. The molecule has 2 heterocycles. The van der Waals surface area contributed by atoms with Gasteiger partial charge in [-0.2, -0.15) is 0 Å². The third-order valence-electron chi connectivity index (χ3n) is 5.31. The Morgan fingerprint density at radius 3 is 2.63 bits per heavy atom. The van der Waals surface area contributed by atoms with Gasteiger partial charge in [-0.1, -0.05) is 26.3 Å². The quantitative estimate of drug-likeness (QED) is 0.472. The molecule has 0 saturated carbocycles. The number of rotatable bonds is 7. The largest absolute Gasteiger partial charge is 0.493 e. The van der Waals surface area contributed by atoms with E-state index in [1.807, 2.05) is 26.0 Å². The second-order valence-electron chi connectivity index (χ2n) is 7.58. The van der Waals surface area contributed by atoms with Crippen molar-refractivity contribution in [3.05, 3.63) is 45.6 Å². The Kier molecular flexibility index (Phi) is 6.25. The minimum absolute atomic E-state index is 0.0422. The van der Waals surface area contributed by atoms with Crippen LogP contribution in [0.1, 0.15) is 62.1 Å². The predicted octanol–water partition coefficient (Wildman–Crippen LogP) is 5.58. The fourth-order valence-electron chi connectivity index (χ4n) is 3.76. The average Bonchev–Trinajstić information content (AvgIpc) is 2.68. The highest BCUT2D eigenvalue weighted by Crippen LogP contribution is 2.31. The molecule has 27 heavy (non-hydrogen) atoms. The van der Waals surface area contributed by atoms with Gasteiger partial charge >= 0.3 is 0 Å². The molecule has 0 aliphatic carbocycles. The number of nitrogens with zero attached hydrogens (tertiary/aromatic N) is 1. The van der Waals surface area contributed by atoms with Crippen LogP contribution < -0.4 is 10.3 Å². The van der Waals surface area contributed by atoms with Crippen LogP contribution in [0.4, 0.5) is 5.88 Å². The van der Waals surface area contributed by atoms with E-state index < -0.39 is 0 Å². The van der Waals surface area contributed by atoms with Crippen molar-refractivity contribution in [1.29, 1.82) is 0 Å². The molecule has 3 rings (SSSR count). The SMILES string of the molecule is C=C(OCCCCC)c1cc(C)cc2c(=O)c(C)c(N3CCCCC3)oc12. The summed E-state index contributed by atoms with van der Waals surface area (Å²) in [7, 11) is 0. The zero-order valence-electron chi connectivity index (χ0n) is 16.9. The van der Waals surface area contributed by atoms with Crippen molar-refractivity contribution in [2.24, 2.45) is 0 Å². The number of hydrogen-bond donors (Lipinski definition) is 0. The maximum absolute atomic E-state index is 13.1.